The van der Waals surface area contributed by atoms with Crippen LogP contribution in [0.4, 0.5) is 22.7 Å². The lowest BCUT2D eigenvalue weighted by atomic mass is 9.76. The van der Waals surface area contributed by atoms with Crippen molar-refractivity contribution >= 4 is 34.6 Å². The summed E-state index contributed by atoms with van der Waals surface area (Å²) < 4.78 is 29.5. The molecule has 4 N–H and O–H groups in total. The molecule has 0 saturated carbocycles. The molecule has 2 amide bonds. The molecule has 8 bridgehead atoms. The number of nitrogens with one attached hydrogen (secondary N) is 4. The molecule has 10 heteroatoms. The average molecular weight is 1330 g/mol. The minimum absolute atomic E-state index is 0.178. The van der Waals surface area contributed by atoms with Gasteiger partial charge in [0.1, 0.15) is 34.1 Å². The summed E-state index contributed by atoms with van der Waals surface area (Å²) in [5.41, 5.74) is 15.0. The van der Waals surface area contributed by atoms with Crippen molar-refractivity contribution in [2.45, 2.75) is 155 Å². The Bertz CT molecular complexity index is 3690. The average Bonchev–Trinajstić information content (AvgIpc) is 0.754. The van der Waals surface area contributed by atoms with Crippen molar-refractivity contribution in [2.24, 2.45) is 0 Å². The van der Waals surface area contributed by atoms with E-state index in [1.807, 2.05) is 0 Å². The second-order valence-corrected chi connectivity index (χ2v) is 26.7. The molecule has 516 valence electrons. The van der Waals surface area contributed by atoms with Crippen LogP contribution in [0.5, 0.6) is 23.0 Å². The highest BCUT2D eigenvalue weighted by Crippen LogP contribution is 2.48. The molecule has 100 heavy (non-hydrogen) atoms. The minimum Gasteiger partial charge on any atom is -0.493 e. The van der Waals surface area contributed by atoms with E-state index >= 15 is 0 Å². The fraction of sp³-hybridized carbons (Fsp3) is 0.311. The first kappa shape index (κ1) is 71.2. The number of rotatable bonds is 32. The van der Waals surface area contributed by atoms with Crippen molar-refractivity contribution in [3.8, 4) is 23.0 Å². The fourth-order valence-corrected chi connectivity index (χ4v) is 14.4. The van der Waals surface area contributed by atoms with E-state index in [0.29, 0.717) is 63.5 Å². The Kier molecular flexibility index (Phi) is 25.0. The number of hydrogen-bond donors (Lipinski definition) is 4. The number of hydrogen-bond acceptors (Lipinski definition) is 8. The molecule has 0 aliphatic heterocycles. The SMILES string of the molecule is CCCCCOc1c2cc(NC(C)=O)cc1Cc1cc(NC(c3ccccc3)(c3ccccc3)c3ccccc3)cc(c1OCCCCC)Cc1cc(NC(C)=O)cc(c1OCCCCC)Cc1cc(NC(c3ccccc3)(c3ccccc3)c3ccccc3)cc(c1OCCCCC)C2. The van der Waals surface area contributed by atoms with Crippen molar-refractivity contribution in [3.63, 3.8) is 0 Å². The summed E-state index contributed by atoms with van der Waals surface area (Å²) in [6.07, 6.45) is 13.0. The van der Waals surface area contributed by atoms with Crippen molar-refractivity contribution < 1.29 is 28.5 Å². The van der Waals surface area contributed by atoms with Gasteiger partial charge in [-0.3, -0.25) is 9.59 Å². The Balaban J connectivity index is 1.25. The first-order valence-corrected chi connectivity index (χ1v) is 36.6. The van der Waals surface area contributed by atoms with Gasteiger partial charge in [-0.25, -0.2) is 0 Å². The number of anilines is 4. The zero-order valence-corrected chi connectivity index (χ0v) is 59.5. The zero-order valence-electron chi connectivity index (χ0n) is 59.5. The summed E-state index contributed by atoms with van der Waals surface area (Å²) >= 11 is 0. The molecule has 0 saturated heterocycles. The number of unbranched alkanes of at least 4 members (excludes halogenated alkanes) is 8. The highest BCUT2D eigenvalue weighted by Gasteiger charge is 2.39. The first-order chi connectivity index (χ1) is 49.0. The molecule has 0 spiro atoms. The molecule has 10 nitrogen and oxygen atoms in total. The van der Waals surface area contributed by atoms with E-state index in [1.54, 1.807) is 13.8 Å². The molecule has 0 radical (unpaired) electrons. The van der Waals surface area contributed by atoms with Crippen LogP contribution in [0, 0.1) is 0 Å². The summed E-state index contributed by atoms with van der Waals surface area (Å²) in [6.45, 7) is 14.0. The van der Waals surface area contributed by atoms with Crippen LogP contribution in [-0.2, 0) is 46.4 Å². The predicted octanol–water partition coefficient (Wildman–Crippen LogP) is 21.4. The van der Waals surface area contributed by atoms with Crippen LogP contribution in [-0.4, -0.2) is 38.2 Å². The molecule has 0 heterocycles. The van der Waals surface area contributed by atoms with E-state index in [4.69, 9.17) is 18.9 Å². The highest BCUT2D eigenvalue weighted by molar-refractivity contribution is 5.90. The van der Waals surface area contributed by atoms with E-state index in [1.165, 1.54) is 0 Å². The topological polar surface area (TPSA) is 119 Å². The molecule has 10 aromatic rings. The lowest BCUT2D eigenvalue weighted by Gasteiger charge is -2.38. The van der Waals surface area contributed by atoms with E-state index in [-0.39, 0.29) is 11.8 Å². The molecular weight excluding hydrogens is 1230 g/mol. The van der Waals surface area contributed by atoms with Crippen LogP contribution in [0.15, 0.2) is 231 Å². The smallest absolute Gasteiger partial charge is 0.221 e. The fourth-order valence-electron chi connectivity index (χ4n) is 14.4. The maximum atomic E-state index is 13.7. The molecule has 0 fully saturated rings. The van der Waals surface area contributed by atoms with E-state index in [9.17, 15) is 9.59 Å². The number of carbonyl (C=O) groups excluding carboxylic acids is 2. The van der Waals surface area contributed by atoms with Crippen molar-refractivity contribution in [3.05, 3.63) is 308 Å². The van der Waals surface area contributed by atoms with E-state index in [0.717, 1.165) is 189 Å². The second kappa shape index (κ2) is 35.1. The van der Waals surface area contributed by atoms with Gasteiger partial charge in [-0.15, -0.1) is 0 Å². The number of benzene rings is 10. The summed E-state index contributed by atoms with van der Waals surface area (Å²) in [5, 5.41) is 15.1. The molecule has 1 aliphatic rings. The summed E-state index contributed by atoms with van der Waals surface area (Å²) in [6, 6.07) is 81.8. The van der Waals surface area contributed by atoms with Crippen LogP contribution < -0.4 is 40.2 Å². The van der Waals surface area contributed by atoms with Gasteiger partial charge in [-0.1, -0.05) is 261 Å². The largest absolute Gasteiger partial charge is 0.493 e. The van der Waals surface area contributed by atoms with Gasteiger partial charge in [0.15, 0.2) is 0 Å². The molecule has 10 aromatic carbocycles. The summed E-state index contributed by atoms with van der Waals surface area (Å²) in [5.74, 6) is 2.71. The van der Waals surface area contributed by atoms with Crippen molar-refractivity contribution in [2.75, 3.05) is 47.7 Å². The minimum atomic E-state index is -0.892. The van der Waals surface area contributed by atoms with Crippen LogP contribution >= 0.6 is 0 Å². The Labute approximate surface area is 594 Å². The second-order valence-electron chi connectivity index (χ2n) is 26.7. The quantitative estimate of drug-likeness (QED) is 0.0243. The molecule has 0 atom stereocenters. The van der Waals surface area contributed by atoms with Crippen LogP contribution in [0.3, 0.4) is 0 Å². The Morgan fingerprint density at radius 3 is 0.660 bits per heavy atom. The van der Waals surface area contributed by atoms with Crippen molar-refractivity contribution in [1.82, 2.24) is 0 Å². The van der Waals surface area contributed by atoms with Crippen LogP contribution in [0.1, 0.15) is 196 Å². The van der Waals surface area contributed by atoms with Gasteiger partial charge >= 0.3 is 0 Å². The standard InChI is InChI=1S/C90H100N4O6/c1-7-11-33-49-97-85-67-53-71-61-83(93-89(75-37-21-15-22-38-75,76-39-23-16-24-40-76)77-41-25-17-26-42-77)63-73(87(71)99-51-35-13-9-3)55-69-59-82(92-66(6)96)60-70(86(69)98-50-34-12-8-2)56-74-64-84(62-72(88(74)100-52-36-14-10-4)54-68(85)58-81(57-67)91-65(5)95)94-90(78-43-27-18-28-44-78,79-45-29-19-30-46-79)80-47-31-20-32-48-80/h15-32,37-48,57-64,93-94H,7-14,33-36,49-56H2,1-6H3,(H,91,95)(H,92,96). The Morgan fingerprint density at radius 1 is 0.290 bits per heavy atom. The third-order valence-electron chi connectivity index (χ3n) is 19.0. The molecule has 11 rings (SSSR count). The molecular formula is C90H100N4O6. The molecule has 0 unspecified atom stereocenters. The maximum absolute atomic E-state index is 13.7. The van der Waals surface area contributed by atoms with Crippen LogP contribution in [0.25, 0.3) is 0 Å². The number of amides is 2. The normalized spacial score (nSPS) is 12.1. The van der Waals surface area contributed by atoms with Gasteiger partial charge in [0.2, 0.25) is 11.8 Å². The van der Waals surface area contributed by atoms with Gasteiger partial charge in [0.05, 0.1) is 26.4 Å². The van der Waals surface area contributed by atoms with Crippen molar-refractivity contribution in [1.29, 1.82) is 0 Å². The third-order valence-corrected chi connectivity index (χ3v) is 19.0. The molecule has 1 aliphatic carbocycles. The number of carbonyl (C=O) groups is 2. The number of ether oxygens (including phenoxy) is 4. The maximum Gasteiger partial charge on any atom is 0.221 e. The monoisotopic (exact) mass is 1330 g/mol. The van der Waals surface area contributed by atoms with Crippen LogP contribution in [0.2, 0.25) is 0 Å². The highest BCUT2D eigenvalue weighted by atomic mass is 16.5. The Hall–Kier alpha value is -10.1. The first-order valence-electron chi connectivity index (χ1n) is 36.6. The Morgan fingerprint density at radius 2 is 0.480 bits per heavy atom. The lowest BCUT2D eigenvalue weighted by molar-refractivity contribution is -0.115. The van der Waals surface area contributed by atoms with Gasteiger partial charge < -0.3 is 40.2 Å². The van der Waals surface area contributed by atoms with Gasteiger partial charge in [-0.2, -0.15) is 0 Å². The van der Waals surface area contributed by atoms with Gasteiger partial charge in [0.25, 0.3) is 0 Å². The zero-order chi connectivity index (χ0) is 69.5. The van der Waals surface area contributed by atoms with E-state index in [2.05, 4.69) is 279 Å². The molecule has 0 aromatic heterocycles. The summed E-state index contributed by atoms with van der Waals surface area (Å²) in [4.78, 5) is 27.3. The van der Waals surface area contributed by atoms with E-state index < -0.39 is 11.1 Å². The van der Waals surface area contributed by atoms with Gasteiger partial charge in [-0.05, 0) is 108 Å². The number of fused-ring (bicyclic) bond motifs is 8. The van der Waals surface area contributed by atoms with Gasteiger partial charge in [0, 0.05) is 107 Å². The third kappa shape index (κ3) is 17.3. The summed E-state index contributed by atoms with van der Waals surface area (Å²) in [7, 11) is 0. The lowest BCUT2D eigenvalue weighted by Crippen LogP contribution is -2.38. The predicted molar refractivity (Wildman–Crippen MR) is 411 cm³/mol.